The minimum absolute atomic E-state index is 0.296. The molecule has 0 spiro atoms. The van der Waals surface area contributed by atoms with Crippen molar-refractivity contribution in [2.24, 2.45) is 0 Å². The number of nitrogens with zero attached hydrogens (tertiary/aromatic N) is 2. The van der Waals surface area contributed by atoms with Crippen molar-refractivity contribution in [3.8, 4) is 6.07 Å². The summed E-state index contributed by atoms with van der Waals surface area (Å²) in [6.07, 6.45) is 1.72. The van der Waals surface area contributed by atoms with Crippen molar-refractivity contribution in [1.82, 2.24) is 5.32 Å². The predicted octanol–water partition coefficient (Wildman–Crippen LogP) is 2.08. The maximum absolute atomic E-state index is 8.93. The second kappa shape index (κ2) is 5.70. The molecule has 17 heavy (non-hydrogen) atoms. The zero-order valence-electron chi connectivity index (χ0n) is 10.3. The number of hydrogen-bond donors (Lipinski definition) is 1. The molecule has 0 aliphatic carbocycles. The Hall–Kier alpha value is -1.53. The molecule has 1 unspecified atom stereocenters. The Kier molecular flexibility index (Phi) is 4.00. The molecular weight excluding hydrogens is 210 g/mol. The zero-order chi connectivity index (χ0) is 12.1. The highest BCUT2D eigenvalue weighted by Crippen LogP contribution is 2.21. The molecule has 1 aliphatic rings. The average molecular weight is 229 g/mol. The van der Waals surface area contributed by atoms with Gasteiger partial charge in [-0.2, -0.15) is 5.26 Å². The quantitative estimate of drug-likeness (QED) is 0.844. The molecule has 1 aromatic carbocycles. The number of hydrogen-bond acceptors (Lipinski definition) is 3. The summed E-state index contributed by atoms with van der Waals surface area (Å²) in [5, 5.41) is 12.3. The van der Waals surface area contributed by atoms with E-state index in [1.807, 2.05) is 0 Å². The Bertz CT molecular complexity index is 408. The Balaban J connectivity index is 2.22. The van der Waals surface area contributed by atoms with E-state index >= 15 is 0 Å². The van der Waals surface area contributed by atoms with Crippen LogP contribution in [0.15, 0.2) is 24.3 Å². The molecule has 0 radical (unpaired) electrons. The molecule has 0 aromatic heterocycles. The van der Waals surface area contributed by atoms with Crippen molar-refractivity contribution in [2.75, 3.05) is 24.5 Å². The molecule has 1 heterocycles. The number of nitrogens with one attached hydrogen (secondary N) is 1. The Morgan fingerprint density at radius 1 is 1.53 bits per heavy atom. The van der Waals surface area contributed by atoms with Crippen LogP contribution in [0, 0.1) is 18.3 Å². The Labute approximate surface area is 103 Å². The van der Waals surface area contributed by atoms with E-state index < -0.39 is 0 Å². The Morgan fingerprint density at radius 2 is 2.41 bits per heavy atom. The van der Waals surface area contributed by atoms with Gasteiger partial charge in [0.2, 0.25) is 0 Å². The minimum atomic E-state index is 0.296. The summed E-state index contributed by atoms with van der Waals surface area (Å²) in [4.78, 5) is 2.37. The van der Waals surface area contributed by atoms with Crippen LogP contribution in [0.25, 0.3) is 0 Å². The summed E-state index contributed by atoms with van der Waals surface area (Å²) in [6.45, 7) is 5.09. The predicted molar refractivity (Wildman–Crippen MR) is 70.0 cm³/mol. The smallest absolute Gasteiger partial charge is 0.0643 e. The molecule has 2 rings (SSSR count). The lowest BCUT2D eigenvalue weighted by Crippen LogP contribution is -2.39. The second-order valence-electron chi connectivity index (χ2n) is 4.61. The van der Waals surface area contributed by atoms with Crippen molar-refractivity contribution >= 4 is 5.69 Å². The summed E-state index contributed by atoms with van der Waals surface area (Å²) in [5.41, 5.74) is 2.52. The first kappa shape index (κ1) is 11.9. The van der Waals surface area contributed by atoms with Crippen LogP contribution < -0.4 is 10.2 Å². The van der Waals surface area contributed by atoms with Gasteiger partial charge < -0.3 is 10.2 Å². The topological polar surface area (TPSA) is 39.1 Å². The maximum atomic E-state index is 8.93. The largest absolute Gasteiger partial charge is 0.366 e. The molecule has 3 heteroatoms. The van der Waals surface area contributed by atoms with Gasteiger partial charge in [-0.15, -0.1) is 0 Å². The van der Waals surface area contributed by atoms with E-state index in [-0.39, 0.29) is 0 Å². The molecule has 1 atom stereocenters. The van der Waals surface area contributed by atoms with Crippen LogP contribution in [0.4, 0.5) is 5.69 Å². The highest BCUT2D eigenvalue weighted by atomic mass is 15.2. The molecular formula is C14H19N3. The molecule has 0 amide bonds. The molecule has 0 saturated carbocycles. The molecule has 90 valence electrons. The summed E-state index contributed by atoms with van der Waals surface area (Å²) < 4.78 is 0. The fourth-order valence-electron chi connectivity index (χ4n) is 2.37. The van der Waals surface area contributed by atoms with Gasteiger partial charge in [-0.25, -0.2) is 0 Å². The summed E-state index contributed by atoms with van der Waals surface area (Å²) >= 11 is 0. The first-order chi connectivity index (χ1) is 8.31. The third-order valence-corrected chi connectivity index (χ3v) is 3.23. The molecule has 1 saturated heterocycles. The molecule has 0 bridgehead atoms. The minimum Gasteiger partial charge on any atom is -0.366 e. The van der Waals surface area contributed by atoms with Gasteiger partial charge in [0.15, 0.2) is 0 Å². The van der Waals surface area contributed by atoms with Crippen LogP contribution in [-0.2, 0) is 0 Å². The molecule has 1 fully saturated rings. The van der Waals surface area contributed by atoms with Crippen LogP contribution in [0.3, 0.4) is 0 Å². The molecule has 1 aliphatic heterocycles. The van der Waals surface area contributed by atoms with E-state index in [1.165, 1.54) is 11.3 Å². The van der Waals surface area contributed by atoms with E-state index in [4.69, 9.17) is 5.26 Å². The van der Waals surface area contributed by atoms with E-state index in [9.17, 15) is 0 Å². The third-order valence-electron chi connectivity index (χ3n) is 3.23. The van der Waals surface area contributed by atoms with Crippen molar-refractivity contribution in [3.63, 3.8) is 0 Å². The SMILES string of the molecule is Cc1cccc(N2CCCNCC2CC#N)c1. The van der Waals surface area contributed by atoms with E-state index in [1.54, 1.807) is 0 Å². The van der Waals surface area contributed by atoms with Gasteiger partial charge in [0, 0.05) is 18.8 Å². The van der Waals surface area contributed by atoms with E-state index in [0.717, 1.165) is 26.1 Å². The van der Waals surface area contributed by atoms with Crippen LogP contribution >= 0.6 is 0 Å². The highest BCUT2D eigenvalue weighted by molar-refractivity contribution is 5.49. The second-order valence-corrected chi connectivity index (χ2v) is 4.61. The van der Waals surface area contributed by atoms with Crippen molar-refractivity contribution in [2.45, 2.75) is 25.8 Å². The van der Waals surface area contributed by atoms with E-state index in [0.29, 0.717) is 12.5 Å². The van der Waals surface area contributed by atoms with Crippen molar-refractivity contribution < 1.29 is 0 Å². The number of benzene rings is 1. The van der Waals surface area contributed by atoms with Gasteiger partial charge in [0.1, 0.15) is 0 Å². The van der Waals surface area contributed by atoms with Gasteiger partial charge in [-0.05, 0) is 37.6 Å². The average Bonchev–Trinajstić information content (AvgIpc) is 2.55. The normalized spacial score (nSPS) is 20.7. The zero-order valence-corrected chi connectivity index (χ0v) is 10.3. The molecule has 1 N–H and O–H groups in total. The monoisotopic (exact) mass is 229 g/mol. The summed E-state index contributed by atoms with van der Waals surface area (Å²) in [5.74, 6) is 0. The van der Waals surface area contributed by atoms with E-state index in [2.05, 4.69) is 47.5 Å². The lowest BCUT2D eigenvalue weighted by molar-refractivity contribution is 0.597. The van der Waals surface area contributed by atoms with Crippen LogP contribution in [0.5, 0.6) is 0 Å². The molecule has 1 aromatic rings. The number of nitriles is 1. The summed E-state index contributed by atoms with van der Waals surface area (Å²) in [6, 6.07) is 11.1. The van der Waals surface area contributed by atoms with Crippen molar-refractivity contribution in [1.29, 1.82) is 5.26 Å². The number of anilines is 1. The van der Waals surface area contributed by atoms with Gasteiger partial charge in [0.05, 0.1) is 18.5 Å². The molecule has 3 nitrogen and oxygen atoms in total. The summed E-state index contributed by atoms with van der Waals surface area (Å²) in [7, 11) is 0. The van der Waals surface area contributed by atoms with Crippen LogP contribution in [0.1, 0.15) is 18.4 Å². The van der Waals surface area contributed by atoms with Gasteiger partial charge in [-0.1, -0.05) is 12.1 Å². The fraction of sp³-hybridized carbons (Fsp3) is 0.500. The fourth-order valence-corrected chi connectivity index (χ4v) is 2.37. The highest BCUT2D eigenvalue weighted by Gasteiger charge is 2.20. The van der Waals surface area contributed by atoms with Gasteiger partial charge in [0.25, 0.3) is 0 Å². The maximum Gasteiger partial charge on any atom is 0.0643 e. The van der Waals surface area contributed by atoms with Crippen molar-refractivity contribution in [3.05, 3.63) is 29.8 Å². The van der Waals surface area contributed by atoms with Gasteiger partial charge in [-0.3, -0.25) is 0 Å². The first-order valence-corrected chi connectivity index (χ1v) is 6.22. The Morgan fingerprint density at radius 3 is 3.18 bits per heavy atom. The first-order valence-electron chi connectivity index (χ1n) is 6.22. The third kappa shape index (κ3) is 2.98. The van der Waals surface area contributed by atoms with Crippen LogP contribution in [-0.4, -0.2) is 25.7 Å². The number of aryl methyl sites for hydroxylation is 1. The standard InChI is InChI=1S/C14H19N3/c1-12-4-2-5-13(10-12)17-9-3-8-16-11-14(17)6-7-15/h2,4-5,10,14,16H,3,6,8-9,11H2,1H3. The number of rotatable bonds is 2. The van der Waals surface area contributed by atoms with Gasteiger partial charge >= 0.3 is 0 Å². The lowest BCUT2D eigenvalue weighted by atomic mass is 10.1. The van der Waals surface area contributed by atoms with Crippen LogP contribution in [0.2, 0.25) is 0 Å². The lowest BCUT2D eigenvalue weighted by Gasteiger charge is -2.30.